The molecule has 100 valence electrons. The first-order chi connectivity index (χ1) is 8.05. The van der Waals surface area contributed by atoms with Crippen molar-refractivity contribution < 1.29 is 14.6 Å². The minimum absolute atomic E-state index is 0.496. The Balaban J connectivity index is 1.72. The Kier molecular flexibility index (Phi) is 4.08. The second-order valence-corrected chi connectivity index (χ2v) is 6.00. The molecule has 1 N–H and O–H groups in total. The second-order valence-electron chi connectivity index (χ2n) is 6.00. The normalized spacial score (nSPS) is 27.7. The van der Waals surface area contributed by atoms with Crippen LogP contribution in [0.5, 0.6) is 0 Å². The second kappa shape index (κ2) is 5.22. The largest absolute Gasteiger partial charge is 0.389 e. The SMILES string of the molecule is COCCC(C)(O)CN1CC2(CCOCC2)C1. The van der Waals surface area contributed by atoms with Crippen molar-refractivity contribution in [3.05, 3.63) is 0 Å². The molecule has 1 atom stereocenters. The fourth-order valence-electron chi connectivity index (χ4n) is 3.02. The van der Waals surface area contributed by atoms with Crippen LogP contribution in [-0.2, 0) is 9.47 Å². The third-order valence-electron chi connectivity index (χ3n) is 4.08. The van der Waals surface area contributed by atoms with Gasteiger partial charge < -0.3 is 14.6 Å². The van der Waals surface area contributed by atoms with Gasteiger partial charge in [0.25, 0.3) is 0 Å². The Morgan fingerprint density at radius 1 is 1.35 bits per heavy atom. The highest BCUT2D eigenvalue weighted by Gasteiger charge is 2.45. The smallest absolute Gasteiger partial charge is 0.0768 e. The van der Waals surface area contributed by atoms with Crippen LogP contribution in [0.3, 0.4) is 0 Å². The van der Waals surface area contributed by atoms with Gasteiger partial charge in [-0.05, 0) is 19.8 Å². The lowest BCUT2D eigenvalue weighted by molar-refractivity contribution is -0.109. The zero-order chi connectivity index (χ0) is 12.4. The Morgan fingerprint density at radius 3 is 2.59 bits per heavy atom. The maximum absolute atomic E-state index is 10.2. The van der Waals surface area contributed by atoms with E-state index in [1.54, 1.807) is 7.11 Å². The van der Waals surface area contributed by atoms with E-state index in [1.807, 2.05) is 6.92 Å². The maximum Gasteiger partial charge on any atom is 0.0768 e. The van der Waals surface area contributed by atoms with Crippen LogP contribution in [0.15, 0.2) is 0 Å². The van der Waals surface area contributed by atoms with Gasteiger partial charge in [-0.1, -0.05) is 0 Å². The summed E-state index contributed by atoms with van der Waals surface area (Å²) in [7, 11) is 1.68. The van der Waals surface area contributed by atoms with Gasteiger partial charge in [0.1, 0.15) is 0 Å². The minimum atomic E-state index is -0.622. The molecular formula is C13H25NO3. The van der Waals surface area contributed by atoms with Crippen molar-refractivity contribution in [3.8, 4) is 0 Å². The molecule has 1 spiro atoms. The molecular weight excluding hydrogens is 218 g/mol. The Bertz CT molecular complexity index is 241. The van der Waals surface area contributed by atoms with E-state index in [4.69, 9.17) is 9.47 Å². The molecule has 2 saturated heterocycles. The highest BCUT2D eigenvalue weighted by Crippen LogP contribution is 2.40. The summed E-state index contributed by atoms with van der Waals surface area (Å²) in [6, 6.07) is 0. The monoisotopic (exact) mass is 243 g/mol. The zero-order valence-electron chi connectivity index (χ0n) is 11.1. The van der Waals surface area contributed by atoms with Crippen LogP contribution in [-0.4, -0.2) is 62.2 Å². The Labute approximate surface area is 104 Å². The van der Waals surface area contributed by atoms with Gasteiger partial charge in [-0.3, -0.25) is 4.90 Å². The average molecular weight is 243 g/mol. The van der Waals surface area contributed by atoms with Crippen molar-refractivity contribution in [2.24, 2.45) is 5.41 Å². The first kappa shape index (κ1) is 13.3. The summed E-state index contributed by atoms with van der Waals surface area (Å²) in [5.74, 6) is 0. The van der Waals surface area contributed by atoms with E-state index in [1.165, 1.54) is 12.8 Å². The molecule has 0 saturated carbocycles. The van der Waals surface area contributed by atoms with E-state index in [9.17, 15) is 5.11 Å². The predicted molar refractivity (Wildman–Crippen MR) is 66.0 cm³/mol. The van der Waals surface area contributed by atoms with Crippen LogP contribution >= 0.6 is 0 Å². The third kappa shape index (κ3) is 3.41. The van der Waals surface area contributed by atoms with Gasteiger partial charge in [0.15, 0.2) is 0 Å². The summed E-state index contributed by atoms with van der Waals surface area (Å²) in [5.41, 5.74) is -0.127. The number of methoxy groups -OCH3 is 1. The molecule has 0 aromatic rings. The van der Waals surface area contributed by atoms with Gasteiger partial charge in [0.2, 0.25) is 0 Å². The van der Waals surface area contributed by atoms with Crippen LogP contribution in [0.2, 0.25) is 0 Å². The first-order valence-corrected chi connectivity index (χ1v) is 6.57. The lowest BCUT2D eigenvalue weighted by atomic mass is 9.73. The van der Waals surface area contributed by atoms with Crippen LogP contribution in [0.1, 0.15) is 26.2 Å². The fourth-order valence-corrected chi connectivity index (χ4v) is 3.02. The van der Waals surface area contributed by atoms with Gasteiger partial charge >= 0.3 is 0 Å². The van der Waals surface area contributed by atoms with Gasteiger partial charge in [0, 0.05) is 58.4 Å². The summed E-state index contributed by atoms with van der Waals surface area (Å²) in [5, 5.41) is 10.2. The van der Waals surface area contributed by atoms with Crippen molar-refractivity contribution in [3.63, 3.8) is 0 Å². The van der Waals surface area contributed by atoms with Crippen molar-refractivity contribution >= 4 is 0 Å². The molecule has 2 heterocycles. The number of likely N-dealkylation sites (tertiary alicyclic amines) is 1. The van der Waals surface area contributed by atoms with Crippen LogP contribution < -0.4 is 0 Å². The molecule has 2 rings (SSSR count). The molecule has 2 fully saturated rings. The molecule has 17 heavy (non-hydrogen) atoms. The fraction of sp³-hybridized carbons (Fsp3) is 1.00. The van der Waals surface area contributed by atoms with Gasteiger partial charge in [-0.2, -0.15) is 0 Å². The number of β-amino-alcohol motifs (C(OH)–C–C–N with tert-alkyl or cyclic N) is 1. The molecule has 1 unspecified atom stereocenters. The predicted octanol–water partition coefficient (Wildman–Crippen LogP) is 0.886. The summed E-state index contributed by atoms with van der Waals surface area (Å²) < 4.78 is 10.4. The van der Waals surface area contributed by atoms with Crippen molar-refractivity contribution in [1.82, 2.24) is 4.90 Å². The molecule has 0 aliphatic carbocycles. The third-order valence-corrected chi connectivity index (χ3v) is 4.08. The minimum Gasteiger partial charge on any atom is -0.389 e. The van der Waals surface area contributed by atoms with Gasteiger partial charge in [-0.15, -0.1) is 0 Å². The Morgan fingerprint density at radius 2 is 2.00 bits per heavy atom. The number of ether oxygens (including phenoxy) is 2. The topological polar surface area (TPSA) is 41.9 Å². The van der Waals surface area contributed by atoms with Crippen LogP contribution in [0.4, 0.5) is 0 Å². The number of aliphatic hydroxyl groups is 1. The molecule has 0 aromatic carbocycles. The quantitative estimate of drug-likeness (QED) is 0.778. The lowest BCUT2D eigenvalue weighted by Crippen LogP contribution is -2.61. The van der Waals surface area contributed by atoms with E-state index in [0.717, 1.165) is 32.8 Å². The summed E-state index contributed by atoms with van der Waals surface area (Å²) in [6.07, 6.45) is 3.07. The lowest BCUT2D eigenvalue weighted by Gasteiger charge is -2.53. The summed E-state index contributed by atoms with van der Waals surface area (Å²) >= 11 is 0. The molecule has 2 aliphatic heterocycles. The number of hydrogen-bond acceptors (Lipinski definition) is 4. The van der Waals surface area contributed by atoms with Crippen molar-refractivity contribution in [2.45, 2.75) is 31.8 Å². The molecule has 0 aromatic heterocycles. The van der Waals surface area contributed by atoms with E-state index in [-0.39, 0.29) is 0 Å². The van der Waals surface area contributed by atoms with Gasteiger partial charge in [0.05, 0.1) is 5.60 Å². The summed E-state index contributed by atoms with van der Waals surface area (Å²) in [6.45, 7) is 7.36. The molecule has 4 heteroatoms. The van der Waals surface area contributed by atoms with Crippen LogP contribution in [0.25, 0.3) is 0 Å². The van der Waals surface area contributed by atoms with Crippen molar-refractivity contribution in [1.29, 1.82) is 0 Å². The van der Waals surface area contributed by atoms with Crippen LogP contribution in [0, 0.1) is 5.41 Å². The summed E-state index contributed by atoms with van der Waals surface area (Å²) in [4.78, 5) is 2.36. The standard InChI is InChI=1S/C13H25NO3/c1-12(15,3-6-16-2)9-14-10-13(11-14)4-7-17-8-5-13/h15H,3-11H2,1-2H3. The van der Waals surface area contributed by atoms with E-state index >= 15 is 0 Å². The first-order valence-electron chi connectivity index (χ1n) is 6.57. The van der Waals surface area contributed by atoms with Gasteiger partial charge in [-0.25, -0.2) is 0 Å². The zero-order valence-corrected chi connectivity index (χ0v) is 11.1. The highest BCUT2D eigenvalue weighted by atomic mass is 16.5. The van der Waals surface area contributed by atoms with E-state index in [0.29, 0.717) is 18.4 Å². The number of hydrogen-bond donors (Lipinski definition) is 1. The molecule has 0 amide bonds. The van der Waals surface area contributed by atoms with Crippen molar-refractivity contribution in [2.75, 3.05) is 46.6 Å². The molecule has 0 bridgehead atoms. The molecule has 4 nitrogen and oxygen atoms in total. The number of rotatable bonds is 5. The molecule has 2 aliphatic rings. The maximum atomic E-state index is 10.2. The Hall–Kier alpha value is -0.160. The van der Waals surface area contributed by atoms with E-state index in [2.05, 4.69) is 4.90 Å². The van der Waals surface area contributed by atoms with E-state index < -0.39 is 5.60 Å². The number of nitrogens with zero attached hydrogens (tertiary/aromatic N) is 1. The molecule has 0 radical (unpaired) electrons. The average Bonchev–Trinajstić information content (AvgIpc) is 2.25. The highest BCUT2D eigenvalue weighted by molar-refractivity contribution is 4.98.